The van der Waals surface area contributed by atoms with Gasteiger partial charge in [0.15, 0.2) is 0 Å². The SMILES string of the molecule is CCNC1C(CN2CCN(C(C)(C)C)CC2)CCC1(C)C. The lowest BCUT2D eigenvalue weighted by molar-refractivity contribution is 0.0519. The Bertz CT molecular complexity index is 324. The average molecular weight is 296 g/mol. The Morgan fingerprint density at radius 1 is 1.10 bits per heavy atom. The molecule has 0 aromatic rings. The summed E-state index contributed by atoms with van der Waals surface area (Å²) in [6.45, 7) is 21.5. The fourth-order valence-electron chi connectivity index (χ4n) is 4.31. The molecular weight excluding hydrogens is 258 g/mol. The summed E-state index contributed by atoms with van der Waals surface area (Å²) >= 11 is 0. The summed E-state index contributed by atoms with van der Waals surface area (Å²) in [5.74, 6) is 0.834. The number of hydrogen-bond donors (Lipinski definition) is 1. The number of piperazine rings is 1. The van der Waals surface area contributed by atoms with Gasteiger partial charge in [0.25, 0.3) is 0 Å². The van der Waals surface area contributed by atoms with Gasteiger partial charge in [-0.05, 0) is 51.5 Å². The van der Waals surface area contributed by atoms with Crippen molar-refractivity contribution in [1.82, 2.24) is 15.1 Å². The molecule has 1 aliphatic carbocycles. The van der Waals surface area contributed by atoms with Gasteiger partial charge in [0, 0.05) is 44.3 Å². The van der Waals surface area contributed by atoms with Crippen molar-refractivity contribution in [3.63, 3.8) is 0 Å². The van der Waals surface area contributed by atoms with Gasteiger partial charge in [0.2, 0.25) is 0 Å². The molecule has 1 aliphatic heterocycles. The maximum absolute atomic E-state index is 3.77. The van der Waals surface area contributed by atoms with E-state index in [9.17, 15) is 0 Å². The van der Waals surface area contributed by atoms with Crippen LogP contribution in [0.3, 0.4) is 0 Å². The van der Waals surface area contributed by atoms with Crippen molar-refractivity contribution in [3.05, 3.63) is 0 Å². The van der Waals surface area contributed by atoms with Crippen molar-refractivity contribution in [2.75, 3.05) is 39.3 Å². The highest BCUT2D eigenvalue weighted by Crippen LogP contribution is 2.41. The van der Waals surface area contributed by atoms with Crippen LogP contribution in [-0.4, -0.2) is 60.6 Å². The van der Waals surface area contributed by atoms with E-state index in [4.69, 9.17) is 0 Å². The Balaban J connectivity index is 1.86. The van der Waals surface area contributed by atoms with Crippen molar-refractivity contribution in [3.8, 4) is 0 Å². The first-order valence-electron chi connectivity index (χ1n) is 8.95. The largest absolute Gasteiger partial charge is 0.313 e. The Morgan fingerprint density at radius 3 is 2.24 bits per heavy atom. The third kappa shape index (κ3) is 4.20. The van der Waals surface area contributed by atoms with Crippen LogP contribution < -0.4 is 5.32 Å². The summed E-state index contributed by atoms with van der Waals surface area (Å²) in [5.41, 5.74) is 0.793. The molecule has 2 fully saturated rings. The molecule has 3 heteroatoms. The smallest absolute Gasteiger partial charge is 0.0159 e. The zero-order valence-corrected chi connectivity index (χ0v) is 15.2. The zero-order chi connectivity index (χ0) is 15.7. The summed E-state index contributed by atoms with van der Waals surface area (Å²) in [6.07, 6.45) is 2.77. The molecule has 0 amide bonds. The molecule has 3 nitrogen and oxygen atoms in total. The maximum Gasteiger partial charge on any atom is 0.0159 e. The molecule has 0 bridgehead atoms. The van der Waals surface area contributed by atoms with Crippen LogP contribution in [0.5, 0.6) is 0 Å². The first kappa shape index (κ1) is 17.2. The van der Waals surface area contributed by atoms with Gasteiger partial charge in [-0.25, -0.2) is 0 Å². The molecule has 0 spiro atoms. The van der Waals surface area contributed by atoms with Crippen LogP contribution in [-0.2, 0) is 0 Å². The van der Waals surface area contributed by atoms with Crippen LogP contribution in [0.15, 0.2) is 0 Å². The van der Waals surface area contributed by atoms with Crippen molar-refractivity contribution >= 4 is 0 Å². The molecule has 0 aromatic carbocycles. The number of hydrogen-bond acceptors (Lipinski definition) is 3. The monoisotopic (exact) mass is 295 g/mol. The fourth-order valence-corrected chi connectivity index (χ4v) is 4.31. The number of nitrogens with zero attached hydrogens (tertiary/aromatic N) is 2. The fraction of sp³-hybridized carbons (Fsp3) is 1.00. The molecule has 2 atom stereocenters. The molecular formula is C18H37N3. The van der Waals surface area contributed by atoms with Gasteiger partial charge in [0.1, 0.15) is 0 Å². The molecule has 0 radical (unpaired) electrons. The highest BCUT2D eigenvalue weighted by Gasteiger charge is 2.42. The topological polar surface area (TPSA) is 18.5 Å². The lowest BCUT2D eigenvalue weighted by Crippen LogP contribution is -2.55. The summed E-state index contributed by atoms with van der Waals surface area (Å²) in [6, 6.07) is 0.697. The Hall–Kier alpha value is -0.120. The van der Waals surface area contributed by atoms with Crippen LogP contribution >= 0.6 is 0 Å². The molecule has 1 saturated heterocycles. The third-order valence-corrected chi connectivity index (χ3v) is 5.71. The lowest BCUT2D eigenvalue weighted by atomic mass is 9.84. The van der Waals surface area contributed by atoms with E-state index in [1.54, 1.807) is 0 Å². The van der Waals surface area contributed by atoms with E-state index in [0.717, 1.165) is 12.5 Å². The molecule has 0 aromatic heterocycles. The summed E-state index contributed by atoms with van der Waals surface area (Å²) in [4.78, 5) is 5.34. The predicted octanol–water partition coefficient (Wildman–Crippen LogP) is 2.82. The molecule has 1 saturated carbocycles. The predicted molar refractivity (Wildman–Crippen MR) is 91.7 cm³/mol. The Labute approximate surface area is 132 Å². The van der Waals surface area contributed by atoms with E-state index in [0.29, 0.717) is 17.0 Å². The van der Waals surface area contributed by atoms with Crippen LogP contribution in [0.25, 0.3) is 0 Å². The van der Waals surface area contributed by atoms with E-state index < -0.39 is 0 Å². The van der Waals surface area contributed by atoms with Gasteiger partial charge in [-0.2, -0.15) is 0 Å². The second-order valence-corrected chi connectivity index (χ2v) is 8.78. The molecule has 1 N–H and O–H groups in total. The normalized spacial score (nSPS) is 31.7. The maximum atomic E-state index is 3.77. The first-order chi connectivity index (χ1) is 9.74. The number of nitrogens with one attached hydrogen (secondary N) is 1. The number of rotatable bonds is 4. The van der Waals surface area contributed by atoms with Gasteiger partial charge >= 0.3 is 0 Å². The molecule has 2 rings (SSSR count). The highest BCUT2D eigenvalue weighted by atomic mass is 15.3. The van der Waals surface area contributed by atoms with Crippen molar-refractivity contribution < 1.29 is 0 Å². The first-order valence-corrected chi connectivity index (χ1v) is 8.95. The molecule has 2 unspecified atom stereocenters. The van der Waals surface area contributed by atoms with Crippen LogP contribution in [0.1, 0.15) is 54.4 Å². The molecule has 1 heterocycles. The minimum absolute atomic E-state index is 0.327. The zero-order valence-electron chi connectivity index (χ0n) is 15.2. The quantitative estimate of drug-likeness (QED) is 0.860. The van der Waals surface area contributed by atoms with Crippen LogP contribution in [0.2, 0.25) is 0 Å². The van der Waals surface area contributed by atoms with Crippen LogP contribution in [0.4, 0.5) is 0 Å². The minimum Gasteiger partial charge on any atom is -0.313 e. The van der Waals surface area contributed by atoms with Gasteiger partial charge in [0.05, 0.1) is 0 Å². The van der Waals surface area contributed by atoms with Crippen molar-refractivity contribution in [2.24, 2.45) is 11.3 Å². The second kappa shape index (κ2) is 6.55. The Morgan fingerprint density at radius 2 is 1.71 bits per heavy atom. The minimum atomic E-state index is 0.327. The van der Waals surface area contributed by atoms with E-state index >= 15 is 0 Å². The van der Waals surface area contributed by atoms with E-state index in [2.05, 4.69) is 56.7 Å². The van der Waals surface area contributed by atoms with Gasteiger partial charge in [-0.15, -0.1) is 0 Å². The lowest BCUT2D eigenvalue weighted by Gasteiger charge is -2.43. The van der Waals surface area contributed by atoms with E-state index in [1.807, 2.05) is 0 Å². The van der Waals surface area contributed by atoms with Crippen molar-refractivity contribution in [2.45, 2.75) is 66.0 Å². The van der Waals surface area contributed by atoms with Crippen LogP contribution in [0, 0.1) is 11.3 Å². The van der Waals surface area contributed by atoms with Gasteiger partial charge < -0.3 is 10.2 Å². The second-order valence-electron chi connectivity index (χ2n) is 8.78. The molecule has 21 heavy (non-hydrogen) atoms. The van der Waals surface area contributed by atoms with Gasteiger partial charge in [-0.3, -0.25) is 4.90 Å². The Kier molecular flexibility index (Phi) is 5.38. The summed E-state index contributed by atoms with van der Waals surface area (Å²) < 4.78 is 0. The molecule has 124 valence electrons. The van der Waals surface area contributed by atoms with E-state index in [-0.39, 0.29) is 0 Å². The highest BCUT2D eigenvalue weighted by molar-refractivity contribution is 4.97. The summed E-state index contributed by atoms with van der Waals surface area (Å²) in [5, 5.41) is 3.77. The summed E-state index contributed by atoms with van der Waals surface area (Å²) in [7, 11) is 0. The van der Waals surface area contributed by atoms with Gasteiger partial charge in [-0.1, -0.05) is 20.8 Å². The van der Waals surface area contributed by atoms with E-state index in [1.165, 1.54) is 45.6 Å². The van der Waals surface area contributed by atoms with Crippen molar-refractivity contribution in [1.29, 1.82) is 0 Å². The third-order valence-electron chi connectivity index (χ3n) is 5.71. The standard InChI is InChI=1S/C18H37N3/c1-7-19-16-15(8-9-18(16,5)6)14-20-10-12-21(13-11-20)17(2,3)4/h15-16,19H,7-14H2,1-6H3. The molecule has 2 aliphatic rings. The average Bonchev–Trinajstić information content (AvgIpc) is 2.66.